The fourth-order valence-electron chi connectivity index (χ4n) is 1.42. The highest BCUT2D eigenvalue weighted by molar-refractivity contribution is 14.1. The van der Waals surface area contributed by atoms with E-state index >= 15 is 0 Å². The molecule has 0 N–H and O–H groups in total. The van der Waals surface area contributed by atoms with E-state index in [0.717, 1.165) is 21.1 Å². The third-order valence-electron chi connectivity index (χ3n) is 2.31. The molecule has 1 rings (SSSR count). The highest BCUT2D eigenvalue weighted by Gasteiger charge is 2.12. The minimum Gasteiger partial charge on any atom is -0.469 e. The number of aryl methyl sites for hydroxylation is 1. The highest BCUT2D eigenvalue weighted by Crippen LogP contribution is 2.20. The number of ether oxygens (including phenoxy) is 1. The number of esters is 1. The van der Waals surface area contributed by atoms with Crippen molar-refractivity contribution in [3.63, 3.8) is 0 Å². The molecular formula is C12H12INO2. The van der Waals surface area contributed by atoms with E-state index in [2.05, 4.69) is 33.4 Å². The van der Waals surface area contributed by atoms with Gasteiger partial charge in [-0.3, -0.25) is 4.79 Å². The maximum absolute atomic E-state index is 11.2. The van der Waals surface area contributed by atoms with E-state index in [0.29, 0.717) is 5.56 Å². The van der Waals surface area contributed by atoms with Crippen LogP contribution in [0.15, 0.2) is 12.1 Å². The Morgan fingerprint density at radius 3 is 2.75 bits per heavy atom. The van der Waals surface area contributed by atoms with Crippen LogP contribution in [0.4, 0.5) is 0 Å². The number of nitrogens with zero attached hydrogens (tertiary/aromatic N) is 1. The fourth-order valence-corrected chi connectivity index (χ4v) is 2.29. The van der Waals surface area contributed by atoms with Crippen molar-refractivity contribution in [2.24, 2.45) is 0 Å². The van der Waals surface area contributed by atoms with Crippen molar-refractivity contribution in [1.82, 2.24) is 0 Å². The molecule has 0 unspecified atom stereocenters. The Morgan fingerprint density at radius 2 is 2.25 bits per heavy atom. The van der Waals surface area contributed by atoms with Crippen LogP contribution < -0.4 is 0 Å². The lowest BCUT2D eigenvalue weighted by molar-refractivity contribution is -0.139. The lowest BCUT2D eigenvalue weighted by Gasteiger charge is -2.07. The second-order valence-corrected chi connectivity index (χ2v) is 4.49. The van der Waals surface area contributed by atoms with Gasteiger partial charge in [0.1, 0.15) is 6.07 Å². The Labute approximate surface area is 109 Å². The number of carbonyl (C=O) groups excluding carboxylic acids is 1. The summed E-state index contributed by atoms with van der Waals surface area (Å²) in [6.07, 6.45) is 1.04. The normalized spacial score (nSPS) is 9.62. The first-order valence-corrected chi connectivity index (χ1v) is 5.98. The van der Waals surface area contributed by atoms with Gasteiger partial charge in [0.15, 0.2) is 0 Å². The molecular weight excluding hydrogens is 317 g/mol. The number of benzene rings is 1. The van der Waals surface area contributed by atoms with Gasteiger partial charge in [-0.25, -0.2) is 0 Å². The van der Waals surface area contributed by atoms with Crippen molar-refractivity contribution < 1.29 is 9.53 Å². The number of rotatable bonds is 3. The maximum Gasteiger partial charge on any atom is 0.310 e. The topological polar surface area (TPSA) is 50.1 Å². The van der Waals surface area contributed by atoms with Gasteiger partial charge in [0.05, 0.1) is 19.1 Å². The quantitative estimate of drug-likeness (QED) is 0.632. The molecule has 0 saturated heterocycles. The fraction of sp³-hybridized carbons (Fsp3) is 0.333. The Morgan fingerprint density at radius 1 is 1.56 bits per heavy atom. The average Bonchev–Trinajstić information content (AvgIpc) is 2.28. The largest absolute Gasteiger partial charge is 0.469 e. The number of hydrogen-bond acceptors (Lipinski definition) is 3. The van der Waals surface area contributed by atoms with E-state index in [4.69, 9.17) is 5.26 Å². The number of halogens is 1. The second kappa shape index (κ2) is 5.85. The van der Waals surface area contributed by atoms with Crippen molar-refractivity contribution >= 4 is 28.6 Å². The first kappa shape index (κ1) is 13.0. The maximum atomic E-state index is 11.2. The van der Waals surface area contributed by atoms with Crippen LogP contribution >= 0.6 is 22.6 Å². The molecule has 3 nitrogen and oxygen atoms in total. The van der Waals surface area contributed by atoms with Crippen molar-refractivity contribution in [3.8, 4) is 6.07 Å². The smallest absolute Gasteiger partial charge is 0.310 e. The van der Waals surface area contributed by atoms with Gasteiger partial charge in [0.25, 0.3) is 0 Å². The highest BCUT2D eigenvalue weighted by atomic mass is 127. The molecule has 0 heterocycles. The predicted octanol–water partition coefficient (Wildman–Crippen LogP) is 2.44. The van der Waals surface area contributed by atoms with Crippen molar-refractivity contribution in [2.75, 3.05) is 7.11 Å². The van der Waals surface area contributed by atoms with Crippen molar-refractivity contribution in [2.45, 2.75) is 19.8 Å². The van der Waals surface area contributed by atoms with Crippen molar-refractivity contribution in [1.29, 1.82) is 5.26 Å². The average molecular weight is 329 g/mol. The van der Waals surface area contributed by atoms with Gasteiger partial charge in [-0.1, -0.05) is 13.0 Å². The Bertz CT molecular complexity index is 449. The second-order valence-electron chi connectivity index (χ2n) is 3.33. The molecule has 1 aromatic rings. The zero-order valence-corrected chi connectivity index (χ0v) is 11.4. The van der Waals surface area contributed by atoms with Crippen LogP contribution in [0.25, 0.3) is 0 Å². The van der Waals surface area contributed by atoms with E-state index in [1.165, 1.54) is 7.11 Å². The summed E-state index contributed by atoms with van der Waals surface area (Å²) in [6, 6.07) is 6.00. The monoisotopic (exact) mass is 329 g/mol. The lowest BCUT2D eigenvalue weighted by atomic mass is 10.0. The third kappa shape index (κ3) is 2.95. The molecule has 16 heavy (non-hydrogen) atoms. The lowest BCUT2D eigenvalue weighted by Crippen LogP contribution is -2.07. The Hall–Kier alpha value is -1.09. The molecule has 0 fully saturated rings. The summed E-state index contributed by atoms with van der Waals surface area (Å²) in [6.45, 7) is 2.04. The van der Waals surface area contributed by atoms with Crippen LogP contribution in [0, 0.1) is 14.9 Å². The van der Waals surface area contributed by atoms with Gasteiger partial charge in [0.2, 0.25) is 0 Å². The van der Waals surface area contributed by atoms with E-state index in [1.807, 2.05) is 19.1 Å². The molecule has 0 bridgehead atoms. The van der Waals surface area contributed by atoms with E-state index in [9.17, 15) is 4.79 Å². The predicted molar refractivity (Wildman–Crippen MR) is 69.0 cm³/mol. The number of hydrogen-bond donors (Lipinski definition) is 0. The minimum atomic E-state index is -0.319. The first-order valence-electron chi connectivity index (χ1n) is 4.90. The van der Waals surface area contributed by atoms with E-state index in [-0.39, 0.29) is 12.4 Å². The summed E-state index contributed by atoms with van der Waals surface area (Å²) in [5.41, 5.74) is 2.45. The molecule has 0 aliphatic carbocycles. The minimum absolute atomic E-state index is 0.156. The molecule has 1 aromatic carbocycles. The number of methoxy groups -OCH3 is 1. The summed E-state index contributed by atoms with van der Waals surface area (Å²) >= 11 is 2.12. The molecule has 0 aliphatic rings. The Balaban J connectivity index is 3.19. The zero-order chi connectivity index (χ0) is 12.1. The van der Waals surface area contributed by atoms with Crippen LogP contribution in [-0.4, -0.2) is 13.1 Å². The number of nitriles is 1. The van der Waals surface area contributed by atoms with Crippen LogP contribution in [0.1, 0.15) is 23.6 Å². The molecule has 4 heteroatoms. The standard InChI is InChI=1S/C12H12INO2/c1-3-8-4-9(6-12(15)16-2)10(7-14)11(13)5-8/h4-5H,3,6H2,1-2H3. The zero-order valence-electron chi connectivity index (χ0n) is 9.21. The van der Waals surface area contributed by atoms with Gasteiger partial charge in [-0.15, -0.1) is 0 Å². The Kier molecular flexibility index (Phi) is 4.74. The van der Waals surface area contributed by atoms with Gasteiger partial charge >= 0.3 is 5.97 Å². The first-order chi connectivity index (χ1) is 7.62. The molecule has 0 saturated carbocycles. The molecule has 0 aromatic heterocycles. The summed E-state index contributed by atoms with van der Waals surface area (Å²) in [5.74, 6) is -0.319. The van der Waals surface area contributed by atoms with Gasteiger partial charge in [-0.2, -0.15) is 5.26 Å². The summed E-state index contributed by atoms with van der Waals surface area (Å²) < 4.78 is 5.50. The SMILES string of the molecule is CCc1cc(I)c(C#N)c(CC(=O)OC)c1. The number of carbonyl (C=O) groups is 1. The van der Waals surface area contributed by atoms with Gasteiger partial charge in [-0.05, 0) is 46.2 Å². The van der Waals surface area contributed by atoms with Crippen LogP contribution in [0.5, 0.6) is 0 Å². The summed E-state index contributed by atoms with van der Waals surface area (Å²) in [7, 11) is 1.35. The molecule has 0 aliphatic heterocycles. The van der Waals surface area contributed by atoms with Gasteiger partial charge in [0, 0.05) is 3.57 Å². The molecule has 84 valence electrons. The van der Waals surface area contributed by atoms with Gasteiger partial charge < -0.3 is 4.74 Å². The third-order valence-corrected chi connectivity index (χ3v) is 3.16. The molecule has 0 spiro atoms. The van der Waals surface area contributed by atoms with Crippen LogP contribution in [-0.2, 0) is 22.4 Å². The van der Waals surface area contributed by atoms with Crippen molar-refractivity contribution in [3.05, 3.63) is 32.4 Å². The van der Waals surface area contributed by atoms with E-state index in [1.54, 1.807) is 0 Å². The summed E-state index contributed by atoms with van der Waals surface area (Å²) in [4.78, 5) is 11.2. The molecule has 0 radical (unpaired) electrons. The van der Waals surface area contributed by atoms with Crippen LogP contribution in [0.3, 0.4) is 0 Å². The van der Waals surface area contributed by atoms with Crippen LogP contribution in [0.2, 0.25) is 0 Å². The van der Waals surface area contributed by atoms with E-state index < -0.39 is 0 Å². The molecule has 0 atom stereocenters. The summed E-state index contributed by atoms with van der Waals surface area (Å²) in [5, 5.41) is 9.04. The molecule has 0 amide bonds.